The van der Waals surface area contributed by atoms with E-state index in [0.29, 0.717) is 13.2 Å². The van der Waals surface area contributed by atoms with Gasteiger partial charge >= 0.3 is 0 Å². The molecule has 0 bridgehead atoms. The third-order valence-electron chi connectivity index (χ3n) is 1.67. The van der Waals surface area contributed by atoms with Crippen molar-refractivity contribution < 1.29 is 14.3 Å². The van der Waals surface area contributed by atoms with Gasteiger partial charge in [0.2, 0.25) is 0 Å². The van der Waals surface area contributed by atoms with E-state index in [1.165, 1.54) is 6.92 Å². The predicted octanol–water partition coefficient (Wildman–Crippen LogP) is -0.464. The fraction of sp³-hybridized carbons (Fsp3) is 0.857. The molecule has 0 amide bonds. The van der Waals surface area contributed by atoms with E-state index in [0.717, 1.165) is 0 Å². The minimum Gasteiger partial charge on any atom is -0.348 e. The van der Waals surface area contributed by atoms with E-state index in [-0.39, 0.29) is 11.8 Å². The van der Waals surface area contributed by atoms with Gasteiger partial charge in [0.15, 0.2) is 12.1 Å². The molecule has 0 spiro atoms. The standard InChI is InChI=1S/C7H13NO3/c1-5(9)6(8-2)7-10-3-4-11-7/h6-8H,3-4H2,1-2H3. The summed E-state index contributed by atoms with van der Waals surface area (Å²) in [6, 6.07) is -0.322. The van der Waals surface area contributed by atoms with Crippen molar-refractivity contribution in [3.05, 3.63) is 0 Å². The van der Waals surface area contributed by atoms with Crippen molar-refractivity contribution in [1.82, 2.24) is 5.32 Å². The van der Waals surface area contributed by atoms with Crippen molar-refractivity contribution in [2.75, 3.05) is 20.3 Å². The van der Waals surface area contributed by atoms with E-state index in [4.69, 9.17) is 9.47 Å². The lowest BCUT2D eigenvalue weighted by Crippen LogP contribution is -2.43. The van der Waals surface area contributed by atoms with E-state index in [9.17, 15) is 4.79 Å². The average molecular weight is 159 g/mol. The molecule has 0 aromatic heterocycles. The van der Waals surface area contributed by atoms with E-state index < -0.39 is 6.29 Å². The van der Waals surface area contributed by atoms with Crippen LogP contribution in [0, 0.1) is 0 Å². The summed E-state index contributed by atoms with van der Waals surface area (Å²) in [5.74, 6) is 0.0411. The SMILES string of the molecule is CNC(C(C)=O)C1OCCO1. The monoisotopic (exact) mass is 159 g/mol. The van der Waals surface area contributed by atoms with Crippen molar-refractivity contribution in [2.45, 2.75) is 19.3 Å². The molecule has 11 heavy (non-hydrogen) atoms. The highest BCUT2D eigenvalue weighted by molar-refractivity contribution is 5.81. The van der Waals surface area contributed by atoms with Gasteiger partial charge < -0.3 is 14.8 Å². The smallest absolute Gasteiger partial charge is 0.180 e. The van der Waals surface area contributed by atoms with E-state index in [1.54, 1.807) is 7.05 Å². The summed E-state index contributed by atoms with van der Waals surface area (Å²) < 4.78 is 10.3. The first kappa shape index (κ1) is 8.64. The summed E-state index contributed by atoms with van der Waals surface area (Å²) in [5.41, 5.74) is 0. The summed E-state index contributed by atoms with van der Waals surface area (Å²) in [4.78, 5) is 10.9. The Morgan fingerprint density at radius 1 is 1.55 bits per heavy atom. The Morgan fingerprint density at radius 3 is 2.45 bits per heavy atom. The van der Waals surface area contributed by atoms with Crippen molar-refractivity contribution in [3.63, 3.8) is 0 Å². The van der Waals surface area contributed by atoms with Gasteiger partial charge in [-0.05, 0) is 14.0 Å². The normalized spacial score (nSPS) is 22.0. The number of carbonyl (C=O) groups excluding carboxylic acids is 1. The molecule has 0 radical (unpaired) electrons. The van der Waals surface area contributed by atoms with Crippen LogP contribution in [0.3, 0.4) is 0 Å². The Morgan fingerprint density at radius 2 is 2.09 bits per heavy atom. The summed E-state index contributed by atoms with van der Waals surface area (Å²) in [6.45, 7) is 2.68. The summed E-state index contributed by atoms with van der Waals surface area (Å²) in [6.07, 6.45) is -0.391. The molecule has 0 saturated carbocycles. The average Bonchev–Trinajstić information content (AvgIpc) is 2.40. The Bertz CT molecular complexity index is 143. The number of nitrogens with one attached hydrogen (secondary N) is 1. The number of ether oxygens (including phenoxy) is 2. The lowest BCUT2D eigenvalue weighted by molar-refractivity contribution is -0.130. The van der Waals surface area contributed by atoms with Crippen molar-refractivity contribution >= 4 is 5.78 Å². The molecule has 1 atom stereocenters. The molecule has 1 heterocycles. The highest BCUT2D eigenvalue weighted by Crippen LogP contribution is 2.08. The van der Waals surface area contributed by atoms with E-state index >= 15 is 0 Å². The minimum atomic E-state index is -0.391. The topological polar surface area (TPSA) is 47.6 Å². The van der Waals surface area contributed by atoms with Gasteiger partial charge in [0.25, 0.3) is 0 Å². The maximum atomic E-state index is 10.9. The molecule has 1 rings (SSSR count). The molecule has 1 aliphatic rings. The number of hydrogen-bond acceptors (Lipinski definition) is 4. The van der Waals surface area contributed by atoms with Crippen molar-refractivity contribution in [1.29, 1.82) is 0 Å². The Kier molecular flexibility index (Phi) is 2.99. The number of Topliss-reactive ketones (excluding diaryl/α,β-unsaturated/α-hetero) is 1. The first-order chi connectivity index (χ1) is 5.25. The molecule has 0 aromatic rings. The van der Waals surface area contributed by atoms with Crippen LogP contribution in [0.2, 0.25) is 0 Å². The lowest BCUT2D eigenvalue weighted by Gasteiger charge is -2.18. The van der Waals surface area contributed by atoms with Gasteiger partial charge in [0, 0.05) is 0 Å². The van der Waals surface area contributed by atoms with E-state index in [2.05, 4.69) is 5.32 Å². The van der Waals surface area contributed by atoms with Gasteiger partial charge in [-0.25, -0.2) is 0 Å². The van der Waals surface area contributed by atoms with Gasteiger partial charge in [0.05, 0.1) is 13.2 Å². The third-order valence-corrected chi connectivity index (χ3v) is 1.67. The molecular weight excluding hydrogens is 146 g/mol. The van der Waals surface area contributed by atoms with Crippen molar-refractivity contribution in [3.8, 4) is 0 Å². The van der Waals surface area contributed by atoms with Crippen LogP contribution in [0.1, 0.15) is 6.92 Å². The van der Waals surface area contributed by atoms with Crippen LogP contribution in [0.25, 0.3) is 0 Å². The first-order valence-corrected chi connectivity index (χ1v) is 3.66. The first-order valence-electron chi connectivity index (χ1n) is 3.66. The van der Waals surface area contributed by atoms with E-state index in [1.807, 2.05) is 0 Å². The molecule has 4 nitrogen and oxygen atoms in total. The molecule has 1 aliphatic heterocycles. The van der Waals surface area contributed by atoms with Gasteiger partial charge in [-0.1, -0.05) is 0 Å². The molecule has 1 unspecified atom stereocenters. The van der Waals surface area contributed by atoms with Gasteiger partial charge in [-0.15, -0.1) is 0 Å². The molecule has 1 saturated heterocycles. The summed E-state index contributed by atoms with van der Waals surface area (Å²) in [7, 11) is 1.72. The highest BCUT2D eigenvalue weighted by Gasteiger charge is 2.28. The van der Waals surface area contributed by atoms with Crippen LogP contribution in [0.5, 0.6) is 0 Å². The molecule has 4 heteroatoms. The second kappa shape index (κ2) is 3.80. The number of hydrogen-bond donors (Lipinski definition) is 1. The maximum absolute atomic E-state index is 10.9. The lowest BCUT2D eigenvalue weighted by atomic mass is 10.2. The second-order valence-electron chi connectivity index (χ2n) is 2.49. The fourth-order valence-electron chi connectivity index (χ4n) is 1.10. The molecule has 64 valence electrons. The Labute approximate surface area is 65.9 Å². The van der Waals surface area contributed by atoms with Crippen LogP contribution in [0.15, 0.2) is 0 Å². The van der Waals surface area contributed by atoms with Crippen LogP contribution in [-0.2, 0) is 14.3 Å². The van der Waals surface area contributed by atoms with Crippen molar-refractivity contribution in [2.24, 2.45) is 0 Å². The Balaban J connectivity index is 2.46. The highest BCUT2D eigenvalue weighted by atomic mass is 16.7. The zero-order valence-corrected chi connectivity index (χ0v) is 6.79. The van der Waals surface area contributed by atoms with Crippen LogP contribution < -0.4 is 5.32 Å². The van der Waals surface area contributed by atoms with Gasteiger partial charge in [-0.2, -0.15) is 0 Å². The number of likely N-dealkylation sites (N-methyl/N-ethyl adjacent to an activating group) is 1. The predicted molar refractivity (Wildman–Crippen MR) is 39.2 cm³/mol. The fourth-order valence-corrected chi connectivity index (χ4v) is 1.10. The van der Waals surface area contributed by atoms with Gasteiger partial charge in [-0.3, -0.25) is 4.79 Å². The molecule has 1 N–H and O–H groups in total. The Hall–Kier alpha value is -0.450. The molecule has 1 fully saturated rings. The zero-order chi connectivity index (χ0) is 8.27. The van der Waals surface area contributed by atoms with Crippen LogP contribution in [0.4, 0.5) is 0 Å². The van der Waals surface area contributed by atoms with Crippen LogP contribution in [-0.4, -0.2) is 38.4 Å². The quantitative estimate of drug-likeness (QED) is 0.605. The summed E-state index contributed by atoms with van der Waals surface area (Å²) >= 11 is 0. The largest absolute Gasteiger partial charge is 0.348 e. The van der Waals surface area contributed by atoms with Crippen LogP contribution >= 0.6 is 0 Å². The molecule has 0 aromatic carbocycles. The van der Waals surface area contributed by atoms with Gasteiger partial charge in [0.1, 0.15) is 6.04 Å². The third kappa shape index (κ3) is 1.99. The number of rotatable bonds is 3. The maximum Gasteiger partial charge on any atom is 0.180 e. The zero-order valence-electron chi connectivity index (χ0n) is 6.79. The second-order valence-corrected chi connectivity index (χ2v) is 2.49. The minimum absolute atomic E-state index is 0.0411. The number of carbonyl (C=O) groups is 1. The molecular formula is C7H13NO3. The summed E-state index contributed by atoms with van der Waals surface area (Å²) in [5, 5.41) is 2.84. The molecule has 0 aliphatic carbocycles. The number of ketones is 1.